The molecule has 0 radical (unpaired) electrons. The smallest absolute Gasteiger partial charge is 0.336 e. The van der Waals surface area contributed by atoms with E-state index in [2.05, 4.69) is 5.32 Å². The van der Waals surface area contributed by atoms with Crippen molar-refractivity contribution in [1.29, 1.82) is 0 Å². The van der Waals surface area contributed by atoms with Gasteiger partial charge in [-0.2, -0.15) is 0 Å². The van der Waals surface area contributed by atoms with Crippen molar-refractivity contribution in [3.8, 4) is 0 Å². The van der Waals surface area contributed by atoms with E-state index in [1.807, 2.05) is 0 Å². The fraction of sp³-hybridized carbons (Fsp3) is 0.714. The molecule has 0 aromatic heterocycles. The highest BCUT2D eigenvalue weighted by Crippen LogP contribution is 2.33. The Bertz CT molecular complexity index is 464. The van der Waals surface area contributed by atoms with Crippen molar-refractivity contribution in [2.45, 2.75) is 31.8 Å². The van der Waals surface area contributed by atoms with E-state index < -0.39 is 5.60 Å². The van der Waals surface area contributed by atoms with E-state index in [1.165, 1.54) is 0 Å². The number of rotatable bonds is 1. The Morgan fingerprint density at radius 1 is 1.25 bits per heavy atom. The Morgan fingerprint density at radius 2 is 2.10 bits per heavy atom. The molecule has 3 rings (SSSR count). The standard InChI is InChI=1S/C14H20N2O4/c1-10-11(9-19-12(10)17)16-7-8-20-14(13(16)18)3-2-5-15-6-4-14/h15H,2-9H2,1H3. The van der Waals surface area contributed by atoms with Crippen LogP contribution in [0.5, 0.6) is 0 Å². The van der Waals surface area contributed by atoms with Crippen molar-refractivity contribution in [2.24, 2.45) is 0 Å². The molecule has 2 fully saturated rings. The zero-order valence-electron chi connectivity index (χ0n) is 11.7. The summed E-state index contributed by atoms with van der Waals surface area (Å²) in [5.41, 5.74) is 0.530. The summed E-state index contributed by atoms with van der Waals surface area (Å²) < 4.78 is 10.9. The quantitative estimate of drug-likeness (QED) is 0.694. The summed E-state index contributed by atoms with van der Waals surface area (Å²) in [5.74, 6) is -0.337. The van der Waals surface area contributed by atoms with E-state index in [0.29, 0.717) is 30.8 Å². The molecule has 1 spiro atoms. The lowest BCUT2D eigenvalue weighted by atomic mass is 9.91. The van der Waals surface area contributed by atoms with Gasteiger partial charge in [-0.05, 0) is 39.3 Å². The third-order valence-corrected chi connectivity index (χ3v) is 4.37. The molecule has 1 amide bonds. The summed E-state index contributed by atoms with van der Waals surface area (Å²) in [6.07, 6.45) is 2.34. The van der Waals surface area contributed by atoms with E-state index in [9.17, 15) is 9.59 Å². The lowest BCUT2D eigenvalue weighted by Crippen LogP contribution is -2.56. The Hall–Kier alpha value is -1.40. The van der Waals surface area contributed by atoms with Gasteiger partial charge in [-0.1, -0.05) is 0 Å². The van der Waals surface area contributed by atoms with Gasteiger partial charge in [0.15, 0.2) is 0 Å². The second kappa shape index (κ2) is 5.18. The monoisotopic (exact) mass is 280 g/mol. The molecule has 3 aliphatic heterocycles. The highest BCUT2D eigenvalue weighted by atomic mass is 16.5. The minimum atomic E-state index is -0.722. The topological polar surface area (TPSA) is 67.9 Å². The molecule has 1 N–H and O–H groups in total. The molecule has 6 nitrogen and oxygen atoms in total. The van der Waals surface area contributed by atoms with Crippen molar-refractivity contribution in [3.05, 3.63) is 11.3 Å². The number of hydrogen-bond donors (Lipinski definition) is 1. The van der Waals surface area contributed by atoms with Crippen molar-refractivity contribution < 1.29 is 19.1 Å². The van der Waals surface area contributed by atoms with Crippen LogP contribution in [0.4, 0.5) is 0 Å². The van der Waals surface area contributed by atoms with Crippen LogP contribution in [0.2, 0.25) is 0 Å². The first-order valence-electron chi connectivity index (χ1n) is 7.18. The molecule has 0 saturated carbocycles. The summed E-state index contributed by atoms with van der Waals surface area (Å²) in [5, 5.41) is 3.30. The number of carbonyl (C=O) groups excluding carboxylic acids is 2. The Balaban J connectivity index is 1.87. The van der Waals surface area contributed by atoms with Crippen molar-refractivity contribution in [3.63, 3.8) is 0 Å². The third kappa shape index (κ3) is 2.13. The second-order valence-corrected chi connectivity index (χ2v) is 5.55. The van der Waals surface area contributed by atoms with Crippen LogP contribution in [0.1, 0.15) is 26.2 Å². The van der Waals surface area contributed by atoms with Gasteiger partial charge in [0.05, 0.1) is 17.9 Å². The molecule has 0 aromatic carbocycles. The highest BCUT2D eigenvalue weighted by molar-refractivity contribution is 5.94. The van der Waals surface area contributed by atoms with Gasteiger partial charge < -0.3 is 19.7 Å². The molecule has 2 saturated heterocycles. The summed E-state index contributed by atoms with van der Waals surface area (Å²) in [4.78, 5) is 26.1. The van der Waals surface area contributed by atoms with Gasteiger partial charge in [-0.15, -0.1) is 0 Å². The number of esters is 1. The number of nitrogens with zero attached hydrogens (tertiary/aromatic N) is 1. The van der Waals surface area contributed by atoms with Crippen LogP contribution in [0.25, 0.3) is 0 Å². The third-order valence-electron chi connectivity index (χ3n) is 4.37. The van der Waals surface area contributed by atoms with Gasteiger partial charge in [0, 0.05) is 6.54 Å². The predicted molar refractivity (Wildman–Crippen MR) is 70.8 cm³/mol. The molecule has 0 bridgehead atoms. The van der Waals surface area contributed by atoms with Gasteiger partial charge in [0.25, 0.3) is 5.91 Å². The van der Waals surface area contributed by atoms with Gasteiger partial charge in [0.2, 0.25) is 0 Å². The first kappa shape index (κ1) is 13.6. The lowest BCUT2D eigenvalue weighted by molar-refractivity contribution is -0.171. The van der Waals surface area contributed by atoms with Crippen LogP contribution in [-0.4, -0.2) is 55.2 Å². The Morgan fingerprint density at radius 3 is 2.85 bits per heavy atom. The number of morpholine rings is 1. The van der Waals surface area contributed by atoms with E-state index in [-0.39, 0.29) is 18.5 Å². The normalized spacial score (nSPS) is 31.8. The summed E-state index contributed by atoms with van der Waals surface area (Å²) in [6.45, 7) is 4.63. The van der Waals surface area contributed by atoms with E-state index in [1.54, 1.807) is 11.8 Å². The zero-order chi connectivity index (χ0) is 14.2. The molecule has 3 heterocycles. The van der Waals surface area contributed by atoms with Crippen LogP contribution < -0.4 is 5.32 Å². The summed E-state index contributed by atoms with van der Waals surface area (Å²) in [6, 6.07) is 0. The number of ether oxygens (including phenoxy) is 2. The molecule has 1 atom stereocenters. The van der Waals surface area contributed by atoms with Gasteiger partial charge in [-0.25, -0.2) is 4.79 Å². The molecule has 110 valence electrons. The van der Waals surface area contributed by atoms with E-state index >= 15 is 0 Å². The number of nitrogens with one attached hydrogen (secondary N) is 1. The average Bonchev–Trinajstić information content (AvgIpc) is 2.67. The zero-order valence-corrected chi connectivity index (χ0v) is 11.7. The van der Waals surface area contributed by atoms with Crippen LogP contribution >= 0.6 is 0 Å². The molecular weight excluding hydrogens is 260 g/mol. The Kier molecular flexibility index (Phi) is 3.52. The number of hydrogen-bond acceptors (Lipinski definition) is 5. The van der Waals surface area contributed by atoms with E-state index in [0.717, 1.165) is 25.9 Å². The average molecular weight is 280 g/mol. The minimum absolute atomic E-state index is 0.0138. The Labute approximate surface area is 118 Å². The molecule has 20 heavy (non-hydrogen) atoms. The first-order valence-corrected chi connectivity index (χ1v) is 7.18. The van der Waals surface area contributed by atoms with E-state index in [4.69, 9.17) is 9.47 Å². The van der Waals surface area contributed by atoms with Gasteiger partial charge in [0.1, 0.15) is 12.2 Å². The summed E-state index contributed by atoms with van der Waals surface area (Å²) >= 11 is 0. The van der Waals surface area contributed by atoms with Crippen LogP contribution in [0.15, 0.2) is 11.3 Å². The molecule has 1 unspecified atom stereocenters. The van der Waals surface area contributed by atoms with Crippen LogP contribution in [0, 0.1) is 0 Å². The maximum atomic E-state index is 12.9. The SMILES string of the molecule is CC1=C(N2CCOC3(CCCNCC3)C2=O)COC1=O. The van der Waals surface area contributed by atoms with Crippen molar-refractivity contribution >= 4 is 11.9 Å². The largest absolute Gasteiger partial charge is 0.456 e. The fourth-order valence-electron chi connectivity index (χ4n) is 3.15. The summed E-state index contributed by atoms with van der Waals surface area (Å²) in [7, 11) is 0. The molecule has 0 aromatic rings. The van der Waals surface area contributed by atoms with Gasteiger partial charge >= 0.3 is 5.97 Å². The van der Waals surface area contributed by atoms with Crippen molar-refractivity contribution in [2.75, 3.05) is 32.8 Å². The molecule has 3 aliphatic rings. The molecule has 6 heteroatoms. The minimum Gasteiger partial charge on any atom is -0.456 e. The lowest BCUT2D eigenvalue weighted by Gasteiger charge is -2.41. The fourth-order valence-corrected chi connectivity index (χ4v) is 3.15. The van der Waals surface area contributed by atoms with Crippen LogP contribution in [0.3, 0.4) is 0 Å². The maximum Gasteiger partial charge on any atom is 0.336 e. The maximum absolute atomic E-state index is 12.9. The van der Waals surface area contributed by atoms with Gasteiger partial charge in [-0.3, -0.25) is 4.79 Å². The molecule has 0 aliphatic carbocycles. The van der Waals surface area contributed by atoms with Crippen LogP contribution in [-0.2, 0) is 19.1 Å². The van der Waals surface area contributed by atoms with Crippen molar-refractivity contribution in [1.82, 2.24) is 10.2 Å². The second-order valence-electron chi connectivity index (χ2n) is 5.55. The molecular formula is C14H20N2O4. The predicted octanol–water partition coefficient (Wildman–Crippen LogP) is 0.188. The number of amides is 1. The number of carbonyl (C=O) groups is 2. The first-order chi connectivity index (χ1) is 9.64. The highest BCUT2D eigenvalue weighted by Gasteiger charge is 2.47. The number of cyclic esters (lactones) is 1.